The molecule has 7 heteroatoms. The standard InChI is InChI=1S/C21H22N4O3/c1-15-19(12-22)20(25(24-15)21-10-9-18(27-2)13-23-21)14-28-17-7-5-16(6-8-17)4-3-11-26/h5-10,13,26H,3-4,11,14H2,1-2H3. The van der Waals surface area contributed by atoms with Gasteiger partial charge in [-0.1, -0.05) is 12.1 Å². The number of methoxy groups -OCH3 is 1. The average molecular weight is 378 g/mol. The molecule has 0 spiro atoms. The Morgan fingerprint density at radius 3 is 2.50 bits per heavy atom. The highest BCUT2D eigenvalue weighted by Gasteiger charge is 2.18. The van der Waals surface area contributed by atoms with Crippen molar-refractivity contribution in [2.75, 3.05) is 13.7 Å². The fourth-order valence-corrected chi connectivity index (χ4v) is 2.85. The molecule has 2 aromatic heterocycles. The van der Waals surface area contributed by atoms with E-state index in [0.717, 1.165) is 18.4 Å². The molecule has 28 heavy (non-hydrogen) atoms. The lowest BCUT2D eigenvalue weighted by molar-refractivity contribution is 0.288. The van der Waals surface area contributed by atoms with Crippen molar-refractivity contribution in [2.45, 2.75) is 26.4 Å². The van der Waals surface area contributed by atoms with Crippen LogP contribution in [0.1, 0.15) is 28.9 Å². The summed E-state index contributed by atoms with van der Waals surface area (Å²) in [7, 11) is 1.58. The third-order valence-electron chi connectivity index (χ3n) is 4.36. The van der Waals surface area contributed by atoms with Gasteiger partial charge >= 0.3 is 0 Å². The van der Waals surface area contributed by atoms with Crippen molar-refractivity contribution in [1.29, 1.82) is 5.26 Å². The molecule has 0 amide bonds. The molecule has 0 aliphatic carbocycles. The van der Waals surface area contributed by atoms with Crippen LogP contribution in [0.4, 0.5) is 0 Å². The molecule has 0 unspecified atom stereocenters. The van der Waals surface area contributed by atoms with Crippen LogP contribution in [0.3, 0.4) is 0 Å². The molecule has 0 aliphatic rings. The highest BCUT2D eigenvalue weighted by Crippen LogP contribution is 2.21. The Morgan fingerprint density at radius 1 is 1.14 bits per heavy atom. The highest BCUT2D eigenvalue weighted by molar-refractivity contribution is 5.42. The molecule has 2 heterocycles. The molecule has 1 N–H and O–H groups in total. The Labute approximate surface area is 163 Å². The van der Waals surface area contributed by atoms with Gasteiger partial charge in [-0.3, -0.25) is 0 Å². The van der Waals surface area contributed by atoms with Crippen molar-refractivity contribution in [3.05, 3.63) is 65.1 Å². The van der Waals surface area contributed by atoms with Gasteiger partial charge in [-0.2, -0.15) is 10.4 Å². The summed E-state index contributed by atoms with van der Waals surface area (Å²) in [6.07, 6.45) is 3.16. The van der Waals surface area contributed by atoms with Crippen LogP contribution >= 0.6 is 0 Å². The molecular weight excluding hydrogens is 356 g/mol. The largest absolute Gasteiger partial charge is 0.495 e. The lowest BCUT2D eigenvalue weighted by Crippen LogP contribution is -2.08. The predicted octanol–water partition coefficient (Wildman–Crippen LogP) is 2.96. The summed E-state index contributed by atoms with van der Waals surface area (Å²) in [6.45, 7) is 2.16. The lowest BCUT2D eigenvalue weighted by Gasteiger charge is -2.10. The SMILES string of the molecule is COc1ccc(-n2nc(C)c(C#N)c2COc2ccc(CCCO)cc2)nc1. The summed E-state index contributed by atoms with van der Waals surface area (Å²) in [5.74, 6) is 1.93. The van der Waals surface area contributed by atoms with Crippen LogP contribution in [-0.4, -0.2) is 33.6 Å². The first-order chi connectivity index (χ1) is 13.7. The average Bonchev–Trinajstić information content (AvgIpc) is 3.06. The maximum Gasteiger partial charge on any atom is 0.154 e. The summed E-state index contributed by atoms with van der Waals surface area (Å²) >= 11 is 0. The number of nitriles is 1. The van der Waals surface area contributed by atoms with Crippen molar-refractivity contribution >= 4 is 0 Å². The summed E-state index contributed by atoms with van der Waals surface area (Å²) < 4.78 is 12.7. The Kier molecular flexibility index (Phi) is 6.25. The molecular formula is C21H22N4O3. The zero-order chi connectivity index (χ0) is 19.9. The number of aliphatic hydroxyl groups is 1. The first kappa shape index (κ1) is 19.4. The van der Waals surface area contributed by atoms with Gasteiger partial charge in [0.1, 0.15) is 35.4 Å². The van der Waals surface area contributed by atoms with Crippen molar-refractivity contribution in [1.82, 2.24) is 14.8 Å². The molecule has 3 aromatic rings. The summed E-state index contributed by atoms with van der Waals surface area (Å²) in [5, 5.41) is 22.9. The quantitative estimate of drug-likeness (QED) is 0.648. The minimum Gasteiger partial charge on any atom is -0.495 e. The second-order valence-corrected chi connectivity index (χ2v) is 6.25. The Balaban J connectivity index is 1.81. The van der Waals surface area contributed by atoms with Gasteiger partial charge in [-0.25, -0.2) is 9.67 Å². The fourth-order valence-electron chi connectivity index (χ4n) is 2.85. The van der Waals surface area contributed by atoms with E-state index in [2.05, 4.69) is 16.2 Å². The third-order valence-corrected chi connectivity index (χ3v) is 4.36. The van der Waals surface area contributed by atoms with E-state index in [1.165, 1.54) is 0 Å². The van der Waals surface area contributed by atoms with E-state index in [9.17, 15) is 5.26 Å². The minimum absolute atomic E-state index is 0.178. The van der Waals surface area contributed by atoms with E-state index in [1.807, 2.05) is 24.3 Å². The molecule has 0 saturated carbocycles. The highest BCUT2D eigenvalue weighted by atomic mass is 16.5. The van der Waals surface area contributed by atoms with E-state index in [1.54, 1.807) is 37.0 Å². The van der Waals surface area contributed by atoms with Crippen LogP contribution in [0.25, 0.3) is 5.82 Å². The van der Waals surface area contributed by atoms with Gasteiger partial charge in [0.05, 0.1) is 19.0 Å². The van der Waals surface area contributed by atoms with Crippen molar-refractivity contribution in [2.24, 2.45) is 0 Å². The maximum absolute atomic E-state index is 9.54. The zero-order valence-corrected chi connectivity index (χ0v) is 15.9. The second kappa shape index (κ2) is 9.02. The number of aryl methyl sites for hydroxylation is 2. The van der Waals surface area contributed by atoms with E-state index in [-0.39, 0.29) is 13.2 Å². The first-order valence-electron chi connectivity index (χ1n) is 8.98. The maximum atomic E-state index is 9.54. The Hall–Kier alpha value is -3.37. The molecule has 0 bridgehead atoms. The van der Waals surface area contributed by atoms with Gasteiger partial charge in [-0.05, 0) is 49.6 Å². The number of hydrogen-bond donors (Lipinski definition) is 1. The normalized spacial score (nSPS) is 10.5. The summed E-state index contributed by atoms with van der Waals surface area (Å²) in [5.41, 5.74) is 2.89. The van der Waals surface area contributed by atoms with Gasteiger partial charge in [0.15, 0.2) is 5.82 Å². The van der Waals surface area contributed by atoms with E-state index < -0.39 is 0 Å². The van der Waals surface area contributed by atoms with Gasteiger partial charge in [0.2, 0.25) is 0 Å². The summed E-state index contributed by atoms with van der Waals surface area (Å²) in [4.78, 5) is 4.35. The monoisotopic (exact) mass is 378 g/mol. The number of aromatic nitrogens is 3. The van der Waals surface area contributed by atoms with Crippen LogP contribution in [0.15, 0.2) is 42.6 Å². The number of benzene rings is 1. The van der Waals surface area contributed by atoms with Crippen molar-refractivity contribution in [3.63, 3.8) is 0 Å². The van der Waals surface area contributed by atoms with Crippen LogP contribution in [-0.2, 0) is 13.0 Å². The van der Waals surface area contributed by atoms with Gasteiger partial charge in [-0.15, -0.1) is 0 Å². The number of pyridine rings is 1. The van der Waals surface area contributed by atoms with Crippen molar-refractivity contribution < 1.29 is 14.6 Å². The van der Waals surface area contributed by atoms with Crippen LogP contribution < -0.4 is 9.47 Å². The van der Waals surface area contributed by atoms with E-state index >= 15 is 0 Å². The molecule has 0 aliphatic heterocycles. The molecule has 144 valence electrons. The number of aliphatic hydroxyl groups excluding tert-OH is 1. The number of hydrogen-bond acceptors (Lipinski definition) is 6. The molecule has 7 nitrogen and oxygen atoms in total. The molecule has 0 radical (unpaired) electrons. The van der Waals surface area contributed by atoms with Crippen LogP contribution in [0.5, 0.6) is 11.5 Å². The smallest absolute Gasteiger partial charge is 0.154 e. The number of nitrogens with zero attached hydrogens (tertiary/aromatic N) is 4. The molecule has 0 atom stereocenters. The Bertz CT molecular complexity index is 957. The topological polar surface area (TPSA) is 93.2 Å². The minimum atomic E-state index is 0.178. The van der Waals surface area contributed by atoms with E-state index in [0.29, 0.717) is 34.3 Å². The summed E-state index contributed by atoms with van der Waals surface area (Å²) in [6, 6.07) is 13.5. The zero-order valence-electron chi connectivity index (χ0n) is 15.9. The van der Waals surface area contributed by atoms with Crippen LogP contribution in [0, 0.1) is 18.3 Å². The number of ether oxygens (including phenoxy) is 2. The molecule has 0 fully saturated rings. The predicted molar refractivity (Wildman–Crippen MR) is 104 cm³/mol. The third kappa shape index (κ3) is 4.30. The van der Waals surface area contributed by atoms with Crippen molar-refractivity contribution in [3.8, 4) is 23.4 Å². The van der Waals surface area contributed by atoms with Gasteiger partial charge in [0.25, 0.3) is 0 Å². The van der Waals surface area contributed by atoms with Gasteiger partial charge in [0, 0.05) is 6.61 Å². The lowest BCUT2D eigenvalue weighted by atomic mass is 10.1. The molecule has 1 aromatic carbocycles. The number of rotatable bonds is 8. The second-order valence-electron chi connectivity index (χ2n) is 6.25. The van der Waals surface area contributed by atoms with Gasteiger partial charge < -0.3 is 14.6 Å². The molecule has 0 saturated heterocycles. The molecule has 3 rings (SSSR count). The van der Waals surface area contributed by atoms with E-state index in [4.69, 9.17) is 14.6 Å². The first-order valence-corrected chi connectivity index (χ1v) is 8.98. The van der Waals surface area contributed by atoms with Crippen LogP contribution in [0.2, 0.25) is 0 Å². The fraction of sp³-hybridized carbons (Fsp3) is 0.286. The Morgan fingerprint density at radius 2 is 1.89 bits per heavy atom.